The van der Waals surface area contributed by atoms with Crippen molar-refractivity contribution >= 4 is 15.8 Å². The van der Waals surface area contributed by atoms with Gasteiger partial charge in [-0.3, -0.25) is 14.7 Å². The van der Waals surface area contributed by atoms with E-state index in [1.807, 2.05) is 0 Å². The Labute approximate surface area is 78.5 Å². The van der Waals surface area contributed by atoms with Crippen molar-refractivity contribution in [2.75, 3.05) is 0 Å². The number of hydrogen-bond donors (Lipinski definition) is 2. The van der Waals surface area contributed by atoms with Gasteiger partial charge in [-0.2, -0.15) is 8.42 Å². The third-order valence-corrected chi connectivity index (χ3v) is 2.29. The van der Waals surface area contributed by atoms with Gasteiger partial charge in [-0.05, 0) is 12.1 Å². The molecule has 14 heavy (non-hydrogen) atoms. The topological polar surface area (TPSA) is 118 Å². The second-order valence-corrected chi connectivity index (χ2v) is 3.80. The SMILES string of the molecule is O=[N+]([O-])c1cc(S(=O)(=O)O)ccc1O. The highest BCUT2D eigenvalue weighted by molar-refractivity contribution is 7.85. The lowest BCUT2D eigenvalue weighted by Gasteiger charge is -1.98. The lowest BCUT2D eigenvalue weighted by atomic mass is 10.3. The van der Waals surface area contributed by atoms with Gasteiger partial charge in [0.05, 0.1) is 4.92 Å². The summed E-state index contributed by atoms with van der Waals surface area (Å²) in [4.78, 5) is 8.68. The standard InChI is InChI=1S/C6H5NO6S/c8-6-2-1-4(14(11,12)13)3-5(6)7(9)10/h1-3,8H,(H,11,12,13). The summed E-state index contributed by atoms with van der Waals surface area (Å²) in [5, 5.41) is 19.2. The van der Waals surface area contributed by atoms with Crippen molar-refractivity contribution in [2.24, 2.45) is 0 Å². The fourth-order valence-corrected chi connectivity index (χ4v) is 1.31. The van der Waals surface area contributed by atoms with E-state index < -0.39 is 31.4 Å². The summed E-state index contributed by atoms with van der Waals surface area (Å²) in [5.41, 5.74) is -0.778. The van der Waals surface area contributed by atoms with Crippen LogP contribution in [-0.4, -0.2) is 23.0 Å². The third-order valence-electron chi connectivity index (χ3n) is 1.44. The molecular formula is C6H5NO6S. The number of phenolic OH excluding ortho intramolecular Hbond substituents is 1. The molecule has 0 aliphatic carbocycles. The van der Waals surface area contributed by atoms with Gasteiger partial charge in [0.15, 0.2) is 5.75 Å². The summed E-state index contributed by atoms with van der Waals surface area (Å²) in [6.45, 7) is 0. The van der Waals surface area contributed by atoms with Gasteiger partial charge in [-0.25, -0.2) is 0 Å². The smallest absolute Gasteiger partial charge is 0.312 e. The molecule has 1 aromatic rings. The molecule has 76 valence electrons. The summed E-state index contributed by atoms with van der Waals surface area (Å²) < 4.78 is 29.7. The molecule has 7 nitrogen and oxygen atoms in total. The molecule has 0 aliphatic heterocycles. The van der Waals surface area contributed by atoms with Crippen molar-refractivity contribution in [1.82, 2.24) is 0 Å². The first-order valence-corrected chi connectivity index (χ1v) is 4.71. The molecule has 1 rings (SSSR count). The van der Waals surface area contributed by atoms with Crippen LogP contribution in [0.25, 0.3) is 0 Å². The van der Waals surface area contributed by atoms with E-state index in [1.165, 1.54) is 0 Å². The molecule has 0 fully saturated rings. The largest absolute Gasteiger partial charge is 0.502 e. The highest BCUT2D eigenvalue weighted by Gasteiger charge is 2.18. The molecular weight excluding hydrogens is 214 g/mol. The van der Waals surface area contributed by atoms with Gasteiger partial charge in [0, 0.05) is 6.07 Å². The Hall–Kier alpha value is -1.67. The number of phenols is 1. The summed E-state index contributed by atoms with van der Waals surface area (Å²) in [5.74, 6) is -0.664. The van der Waals surface area contributed by atoms with Crippen LogP contribution >= 0.6 is 0 Å². The normalized spacial score (nSPS) is 11.2. The van der Waals surface area contributed by atoms with Crippen molar-refractivity contribution < 1.29 is 23.0 Å². The number of nitro groups is 1. The first-order valence-electron chi connectivity index (χ1n) is 3.27. The van der Waals surface area contributed by atoms with Crippen LogP contribution in [0.5, 0.6) is 5.75 Å². The molecule has 2 N–H and O–H groups in total. The molecule has 0 spiro atoms. The Morgan fingerprint density at radius 3 is 2.36 bits per heavy atom. The maximum absolute atomic E-state index is 10.6. The first kappa shape index (κ1) is 10.4. The van der Waals surface area contributed by atoms with Crippen LogP contribution in [-0.2, 0) is 10.1 Å². The quantitative estimate of drug-likeness (QED) is 0.426. The number of nitro benzene ring substituents is 1. The predicted molar refractivity (Wildman–Crippen MR) is 44.6 cm³/mol. The fraction of sp³-hybridized carbons (Fsp3) is 0. The van der Waals surface area contributed by atoms with E-state index in [9.17, 15) is 18.5 Å². The number of aromatic hydroxyl groups is 1. The second-order valence-electron chi connectivity index (χ2n) is 2.38. The first-order chi connectivity index (χ1) is 6.32. The number of benzene rings is 1. The monoisotopic (exact) mass is 219 g/mol. The van der Waals surface area contributed by atoms with Crippen LogP contribution in [0.15, 0.2) is 23.1 Å². The maximum atomic E-state index is 10.6. The Balaban J connectivity index is 3.42. The Kier molecular flexibility index (Phi) is 2.41. The van der Waals surface area contributed by atoms with E-state index >= 15 is 0 Å². The van der Waals surface area contributed by atoms with Crippen molar-refractivity contribution in [1.29, 1.82) is 0 Å². The van der Waals surface area contributed by atoms with E-state index in [0.29, 0.717) is 6.07 Å². The fourth-order valence-electron chi connectivity index (χ4n) is 0.810. The number of nitrogens with zero attached hydrogens (tertiary/aromatic N) is 1. The van der Waals surface area contributed by atoms with Gasteiger partial charge in [-0.1, -0.05) is 0 Å². The molecule has 1 aromatic carbocycles. The van der Waals surface area contributed by atoms with Crippen molar-refractivity contribution in [3.8, 4) is 5.75 Å². The minimum atomic E-state index is -4.49. The van der Waals surface area contributed by atoms with Gasteiger partial charge in [0.2, 0.25) is 0 Å². The van der Waals surface area contributed by atoms with E-state index in [2.05, 4.69) is 0 Å². The molecule has 0 amide bonds. The van der Waals surface area contributed by atoms with Crippen LogP contribution in [0.3, 0.4) is 0 Å². The zero-order valence-electron chi connectivity index (χ0n) is 6.61. The van der Waals surface area contributed by atoms with Crippen LogP contribution in [0.2, 0.25) is 0 Å². The second kappa shape index (κ2) is 3.24. The lowest BCUT2D eigenvalue weighted by molar-refractivity contribution is -0.386. The molecule has 0 saturated heterocycles. The minimum absolute atomic E-state index is 0.574. The summed E-state index contributed by atoms with van der Waals surface area (Å²) in [6, 6.07) is 2.25. The van der Waals surface area contributed by atoms with Crippen LogP contribution in [0, 0.1) is 10.1 Å². The van der Waals surface area contributed by atoms with Gasteiger partial charge in [0.1, 0.15) is 4.90 Å². The predicted octanol–water partition coefficient (Wildman–Crippen LogP) is 0.547. The molecule has 0 atom stereocenters. The number of rotatable bonds is 2. The van der Waals surface area contributed by atoms with Crippen LogP contribution < -0.4 is 0 Å². The molecule has 0 bridgehead atoms. The highest BCUT2D eigenvalue weighted by atomic mass is 32.2. The van der Waals surface area contributed by atoms with Gasteiger partial charge < -0.3 is 5.11 Å². The highest BCUT2D eigenvalue weighted by Crippen LogP contribution is 2.27. The van der Waals surface area contributed by atoms with Gasteiger partial charge in [-0.15, -0.1) is 0 Å². The molecule has 0 unspecified atom stereocenters. The molecule has 0 saturated carbocycles. The van der Waals surface area contributed by atoms with Crippen LogP contribution in [0.4, 0.5) is 5.69 Å². The molecule has 0 aromatic heterocycles. The molecule has 0 heterocycles. The average Bonchev–Trinajstić information content (AvgIpc) is 2.02. The Morgan fingerprint density at radius 2 is 1.93 bits per heavy atom. The molecule has 0 aliphatic rings. The average molecular weight is 219 g/mol. The van der Waals surface area contributed by atoms with Crippen molar-refractivity contribution in [3.05, 3.63) is 28.3 Å². The maximum Gasteiger partial charge on any atom is 0.312 e. The Bertz CT molecular complexity index is 479. The zero-order valence-corrected chi connectivity index (χ0v) is 7.43. The number of hydrogen-bond acceptors (Lipinski definition) is 5. The summed E-state index contributed by atoms with van der Waals surface area (Å²) >= 11 is 0. The van der Waals surface area contributed by atoms with Gasteiger partial charge in [0.25, 0.3) is 10.1 Å². The van der Waals surface area contributed by atoms with E-state index in [4.69, 9.17) is 9.66 Å². The zero-order chi connectivity index (χ0) is 10.9. The minimum Gasteiger partial charge on any atom is -0.502 e. The van der Waals surface area contributed by atoms with E-state index in [0.717, 1.165) is 12.1 Å². The Morgan fingerprint density at radius 1 is 1.36 bits per heavy atom. The van der Waals surface area contributed by atoms with Crippen molar-refractivity contribution in [2.45, 2.75) is 4.90 Å². The van der Waals surface area contributed by atoms with Crippen LogP contribution in [0.1, 0.15) is 0 Å². The molecule has 0 radical (unpaired) electrons. The summed E-state index contributed by atoms with van der Waals surface area (Å²) in [7, 11) is -4.49. The lowest BCUT2D eigenvalue weighted by Crippen LogP contribution is -1.99. The van der Waals surface area contributed by atoms with E-state index in [-0.39, 0.29) is 0 Å². The van der Waals surface area contributed by atoms with Crippen molar-refractivity contribution in [3.63, 3.8) is 0 Å². The summed E-state index contributed by atoms with van der Waals surface area (Å²) in [6.07, 6.45) is 0. The van der Waals surface area contributed by atoms with E-state index in [1.54, 1.807) is 0 Å². The van der Waals surface area contributed by atoms with Gasteiger partial charge >= 0.3 is 5.69 Å². The third kappa shape index (κ3) is 1.98. The molecule has 8 heteroatoms.